The normalized spacial score (nSPS) is 14.8. The first kappa shape index (κ1) is 16.8. The standard InChI is InChI=1S/C18H23N3O2S/c1-4-23-16-8-6-5-7-15(16)20-9-11-21(12-10-20)18(22)17-13(2)19-14(3)24-17/h5-8H,4,9-12H2,1-3H3. The molecular formula is C18H23N3O2S. The Balaban J connectivity index is 1.68. The van der Waals surface area contributed by atoms with Crippen LogP contribution in [-0.4, -0.2) is 48.6 Å². The number of anilines is 1. The Morgan fingerprint density at radius 2 is 1.92 bits per heavy atom. The molecule has 0 unspecified atom stereocenters. The van der Waals surface area contributed by atoms with Gasteiger partial charge in [-0.05, 0) is 32.9 Å². The zero-order valence-electron chi connectivity index (χ0n) is 14.4. The van der Waals surface area contributed by atoms with E-state index in [1.807, 2.05) is 43.9 Å². The molecule has 1 fully saturated rings. The summed E-state index contributed by atoms with van der Waals surface area (Å²) in [5, 5.41) is 0.945. The summed E-state index contributed by atoms with van der Waals surface area (Å²) in [4.78, 5) is 22.1. The number of thiazole rings is 1. The maximum absolute atomic E-state index is 12.7. The number of carbonyl (C=O) groups is 1. The van der Waals surface area contributed by atoms with Crippen LogP contribution in [0.4, 0.5) is 5.69 Å². The number of para-hydroxylation sites is 2. The molecule has 1 aromatic heterocycles. The molecule has 5 nitrogen and oxygen atoms in total. The lowest BCUT2D eigenvalue weighted by Crippen LogP contribution is -2.48. The van der Waals surface area contributed by atoms with E-state index in [9.17, 15) is 4.79 Å². The van der Waals surface area contributed by atoms with Crippen LogP contribution in [0.15, 0.2) is 24.3 Å². The predicted molar refractivity (Wildman–Crippen MR) is 97.3 cm³/mol. The van der Waals surface area contributed by atoms with Crippen LogP contribution in [0.2, 0.25) is 0 Å². The first-order valence-electron chi connectivity index (χ1n) is 8.30. The first-order chi connectivity index (χ1) is 11.6. The minimum Gasteiger partial charge on any atom is -0.492 e. The van der Waals surface area contributed by atoms with Crippen LogP contribution in [0.1, 0.15) is 27.3 Å². The van der Waals surface area contributed by atoms with E-state index < -0.39 is 0 Å². The van der Waals surface area contributed by atoms with Crippen LogP contribution in [0.25, 0.3) is 0 Å². The van der Waals surface area contributed by atoms with Crippen molar-refractivity contribution in [2.75, 3.05) is 37.7 Å². The average molecular weight is 345 g/mol. The van der Waals surface area contributed by atoms with Gasteiger partial charge in [-0.1, -0.05) is 12.1 Å². The molecule has 2 aromatic rings. The van der Waals surface area contributed by atoms with E-state index in [0.717, 1.165) is 53.2 Å². The Bertz CT molecular complexity index is 721. The molecule has 0 N–H and O–H groups in total. The fourth-order valence-corrected chi connectivity index (χ4v) is 3.91. The molecule has 0 aliphatic carbocycles. The number of hydrogen-bond acceptors (Lipinski definition) is 5. The molecule has 128 valence electrons. The number of piperazine rings is 1. The molecule has 24 heavy (non-hydrogen) atoms. The maximum Gasteiger partial charge on any atom is 0.265 e. The fourth-order valence-electron chi connectivity index (χ4n) is 3.02. The van der Waals surface area contributed by atoms with E-state index in [1.165, 1.54) is 11.3 Å². The van der Waals surface area contributed by atoms with Crippen molar-refractivity contribution in [2.45, 2.75) is 20.8 Å². The van der Waals surface area contributed by atoms with Gasteiger partial charge in [0.1, 0.15) is 10.6 Å². The van der Waals surface area contributed by atoms with E-state index >= 15 is 0 Å². The van der Waals surface area contributed by atoms with Crippen LogP contribution in [0.5, 0.6) is 5.75 Å². The highest BCUT2D eigenvalue weighted by Gasteiger charge is 2.26. The number of nitrogens with zero attached hydrogens (tertiary/aromatic N) is 3. The van der Waals surface area contributed by atoms with Gasteiger partial charge in [0.15, 0.2) is 0 Å². The molecule has 0 bridgehead atoms. The van der Waals surface area contributed by atoms with Crippen LogP contribution < -0.4 is 9.64 Å². The first-order valence-corrected chi connectivity index (χ1v) is 9.12. The zero-order valence-corrected chi connectivity index (χ0v) is 15.2. The Hall–Kier alpha value is -2.08. The third kappa shape index (κ3) is 3.38. The highest BCUT2D eigenvalue weighted by molar-refractivity contribution is 7.13. The van der Waals surface area contributed by atoms with E-state index in [4.69, 9.17) is 4.74 Å². The number of hydrogen-bond donors (Lipinski definition) is 0. The number of amides is 1. The highest BCUT2D eigenvalue weighted by atomic mass is 32.1. The minimum absolute atomic E-state index is 0.107. The van der Waals surface area contributed by atoms with Crippen molar-refractivity contribution >= 4 is 22.9 Å². The van der Waals surface area contributed by atoms with Gasteiger partial charge < -0.3 is 14.5 Å². The van der Waals surface area contributed by atoms with Crippen LogP contribution in [0, 0.1) is 13.8 Å². The summed E-state index contributed by atoms with van der Waals surface area (Å²) in [5.41, 5.74) is 1.95. The van der Waals surface area contributed by atoms with Gasteiger partial charge in [0.25, 0.3) is 5.91 Å². The molecule has 1 aliphatic rings. The topological polar surface area (TPSA) is 45.7 Å². The lowest BCUT2D eigenvalue weighted by atomic mass is 10.2. The third-order valence-corrected chi connectivity index (χ3v) is 5.23. The van der Waals surface area contributed by atoms with E-state index in [2.05, 4.69) is 16.0 Å². The Kier molecular flexibility index (Phi) is 5.04. The molecular weight excluding hydrogens is 322 g/mol. The van der Waals surface area contributed by atoms with Crippen molar-refractivity contribution in [3.05, 3.63) is 39.8 Å². The van der Waals surface area contributed by atoms with Gasteiger partial charge in [0, 0.05) is 26.2 Å². The number of carbonyl (C=O) groups excluding carboxylic acids is 1. The zero-order chi connectivity index (χ0) is 17.1. The number of aromatic nitrogens is 1. The molecule has 3 rings (SSSR count). The molecule has 1 amide bonds. The van der Waals surface area contributed by atoms with Crippen LogP contribution in [0.3, 0.4) is 0 Å². The van der Waals surface area contributed by atoms with Crippen molar-refractivity contribution in [1.82, 2.24) is 9.88 Å². The maximum atomic E-state index is 12.7. The Morgan fingerprint density at radius 1 is 1.21 bits per heavy atom. The van der Waals surface area contributed by atoms with Crippen LogP contribution in [-0.2, 0) is 0 Å². The Labute approximate surface area is 146 Å². The van der Waals surface area contributed by atoms with Crippen molar-refractivity contribution in [3.8, 4) is 5.75 Å². The third-order valence-electron chi connectivity index (χ3n) is 4.17. The number of rotatable bonds is 4. The molecule has 0 atom stereocenters. The second-order valence-electron chi connectivity index (χ2n) is 5.83. The van der Waals surface area contributed by atoms with Crippen molar-refractivity contribution < 1.29 is 9.53 Å². The van der Waals surface area contributed by atoms with E-state index in [1.54, 1.807) is 0 Å². The SMILES string of the molecule is CCOc1ccccc1N1CCN(C(=O)c2sc(C)nc2C)CC1. The van der Waals surface area contributed by atoms with Gasteiger partial charge >= 0.3 is 0 Å². The predicted octanol–water partition coefficient (Wildman–Crippen LogP) is 3.12. The second kappa shape index (κ2) is 7.21. The summed E-state index contributed by atoms with van der Waals surface area (Å²) in [6.07, 6.45) is 0. The Morgan fingerprint density at radius 3 is 2.54 bits per heavy atom. The van der Waals surface area contributed by atoms with E-state index in [0.29, 0.717) is 6.61 Å². The molecule has 1 aliphatic heterocycles. The van der Waals surface area contributed by atoms with Gasteiger partial charge in [0.05, 0.1) is 23.0 Å². The summed E-state index contributed by atoms with van der Waals surface area (Å²) in [5.74, 6) is 1.02. The lowest BCUT2D eigenvalue weighted by Gasteiger charge is -2.36. The summed E-state index contributed by atoms with van der Waals surface area (Å²) < 4.78 is 5.72. The largest absolute Gasteiger partial charge is 0.492 e. The molecule has 1 aromatic carbocycles. The highest BCUT2D eigenvalue weighted by Crippen LogP contribution is 2.29. The van der Waals surface area contributed by atoms with Crippen LogP contribution >= 0.6 is 11.3 Å². The quantitative estimate of drug-likeness (QED) is 0.854. The summed E-state index contributed by atoms with van der Waals surface area (Å²) in [6, 6.07) is 8.10. The van der Waals surface area contributed by atoms with Crippen molar-refractivity contribution in [1.29, 1.82) is 0 Å². The molecule has 1 saturated heterocycles. The number of benzene rings is 1. The molecule has 2 heterocycles. The van der Waals surface area contributed by atoms with Gasteiger partial charge in [0.2, 0.25) is 0 Å². The smallest absolute Gasteiger partial charge is 0.265 e. The van der Waals surface area contributed by atoms with Gasteiger partial charge in [-0.25, -0.2) is 4.98 Å². The van der Waals surface area contributed by atoms with Crippen molar-refractivity contribution in [3.63, 3.8) is 0 Å². The lowest BCUT2D eigenvalue weighted by molar-refractivity contribution is 0.0750. The summed E-state index contributed by atoms with van der Waals surface area (Å²) >= 11 is 1.49. The number of ether oxygens (including phenoxy) is 1. The van der Waals surface area contributed by atoms with Crippen molar-refractivity contribution in [2.24, 2.45) is 0 Å². The fraction of sp³-hybridized carbons (Fsp3) is 0.444. The number of aryl methyl sites for hydroxylation is 2. The molecule has 0 radical (unpaired) electrons. The molecule has 6 heteroatoms. The van der Waals surface area contributed by atoms with Gasteiger partial charge in [-0.2, -0.15) is 0 Å². The molecule has 0 spiro atoms. The van der Waals surface area contributed by atoms with E-state index in [-0.39, 0.29) is 5.91 Å². The molecule has 0 saturated carbocycles. The van der Waals surface area contributed by atoms with Gasteiger partial charge in [-0.3, -0.25) is 4.79 Å². The summed E-state index contributed by atoms with van der Waals surface area (Å²) in [6.45, 7) is 9.55. The minimum atomic E-state index is 0.107. The second-order valence-corrected chi connectivity index (χ2v) is 7.03. The van der Waals surface area contributed by atoms with Gasteiger partial charge in [-0.15, -0.1) is 11.3 Å². The summed E-state index contributed by atoms with van der Waals surface area (Å²) in [7, 11) is 0. The monoisotopic (exact) mass is 345 g/mol. The average Bonchev–Trinajstić information content (AvgIpc) is 2.93.